The molecule has 0 aliphatic carbocycles. The van der Waals surface area contributed by atoms with Crippen molar-refractivity contribution in [2.75, 3.05) is 13.1 Å². The maximum Gasteiger partial charge on any atom is -0.00439 e. The number of rotatable bonds is 9. The lowest BCUT2D eigenvalue weighted by molar-refractivity contribution is 0.303. The van der Waals surface area contributed by atoms with E-state index in [4.69, 9.17) is 0 Å². The van der Waals surface area contributed by atoms with Gasteiger partial charge in [-0.1, -0.05) is 58.9 Å². The fourth-order valence-corrected chi connectivity index (χ4v) is 2.46. The molecule has 0 heterocycles. The normalized spacial score (nSPS) is 13.4. The third-order valence-corrected chi connectivity index (χ3v) is 4.48. The van der Waals surface area contributed by atoms with Crippen LogP contribution in [0.5, 0.6) is 0 Å². The van der Waals surface area contributed by atoms with Crippen LogP contribution in [0.25, 0.3) is 0 Å². The quantitative estimate of drug-likeness (QED) is 0.614. The van der Waals surface area contributed by atoms with Crippen molar-refractivity contribution in [1.82, 2.24) is 5.32 Å². The molecule has 0 spiro atoms. The van der Waals surface area contributed by atoms with E-state index < -0.39 is 0 Å². The molecule has 1 atom stereocenters. The molecular formula is C19H33N. The van der Waals surface area contributed by atoms with E-state index in [-0.39, 0.29) is 0 Å². The minimum absolute atomic E-state index is 0.428. The maximum atomic E-state index is 3.43. The van der Waals surface area contributed by atoms with E-state index >= 15 is 0 Å². The van der Waals surface area contributed by atoms with E-state index in [0.29, 0.717) is 11.3 Å². The summed E-state index contributed by atoms with van der Waals surface area (Å²) >= 11 is 0. The van der Waals surface area contributed by atoms with Gasteiger partial charge >= 0.3 is 0 Å². The predicted molar refractivity (Wildman–Crippen MR) is 90.4 cm³/mol. The van der Waals surface area contributed by atoms with Gasteiger partial charge in [0.25, 0.3) is 0 Å². The highest BCUT2D eigenvalue weighted by molar-refractivity contribution is 5.25. The van der Waals surface area contributed by atoms with Gasteiger partial charge in [-0.2, -0.15) is 0 Å². The molecule has 0 aromatic heterocycles. The van der Waals surface area contributed by atoms with Gasteiger partial charge in [-0.05, 0) is 61.2 Å². The van der Waals surface area contributed by atoms with Crippen molar-refractivity contribution >= 4 is 0 Å². The number of hydrogen-bond acceptors (Lipinski definition) is 1. The van der Waals surface area contributed by atoms with E-state index in [1.54, 1.807) is 0 Å². The zero-order chi connectivity index (χ0) is 15.0. The molecule has 0 bridgehead atoms. The fourth-order valence-electron chi connectivity index (χ4n) is 2.46. The Morgan fingerprint density at radius 2 is 1.70 bits per heavy atom. The molecule has 0 saturated carbocycles. The largest absolute Gasteiger partial charge is 0.317 e. The molecule has 20 heavy (non-hydrogen) atoms. The van der Waals surface area contributed by atoms with Crippen molar-refractivity contribution in [3.05, 3.63) is 35.4 Å². The van der Waals surface area contributed by atoms with Crippen molar-refractivity contribution < 1.29 is 0 Å². The van der Waals surface area contributed by atoms with Crippen molar-refractivity contribution in [2.24, 2.45) is 5.41 Å². The summed E-state index contributed by atoms with van der Waals surface area (Å²) in [6.45, 7) is 13.7. The van der Waals surface area contributed by atoms with Crippen LogP contribution in [0.2, 0.25) is 0 Å². The molecule has 1 aromatic carbocycles. The molecule has 0 saturated heterocycles. The van der Waals surface area contributed by atoms with E-state index in [0.717, 1.165) is 13.1 Å². The zero-order valence-corrected chi connectivity index (χ0v) is 14.1. The zero-order valence-electron chi connectivity index (χ0n) is 14.1. The van der Waals surface area contributed by atoms with Gasteiger partial charge in [0, 0.05) is 0 Å². The first-order valence-corrected chi connectivity index (χ1v) is 8.28. The minimum Gasteiger partial charge on any atom is -0.317 e. The van der Waals surface area contributed by atoms with E-state index in [1.807, 2.05) is 0 Å². The van der Waals surface area contributed by atoms with Gasteiger partial charge in [-0.3, -0.25) is 0 Å². The maximum absolute atomic E-state index is 3.43. The topological polar surface area (TPSA) is 12.0 Å². The van der Waals surface area contributed by atoms with Crippen LogP contribution in [-0.2, 0) is 6.42 Å². The lowest BCUT2D eigenvalue weighted by Crippen LogP contribution is -2.22. The SMILES string of the molecule is CCNCCC(C)(C)CCc1ccc(C(C)CC)cc1. The first-order chi connectivity index (χ1) is 9.48. The van der Waals surface area contributed by atoms with Crippen molar-refractivity contribution in [2.45, 2.75) is 66.2 Å². The molecule has 1 rings (SSSR count). The van der Waals surface area contributed by atoms with Crippen LogP contribution in [-0.4, -0.2) is 13.1 Å². The second-order valence-electron chi connectivity index (χ2n) is 6.82. The van der Waals surface area contributed by atoms with Gasteiger partial charge in [0.2, 0.25) is 0 Å². The minimum atomic E-state index is 0.428. The standard InChI is InChI=1S/C19H33N/c1-6-16(3)18-10-8-17(9-11-18)12-13-19(4,5)14-15-20-7-2/h8-11,16,20H,6-7,12-15H2,1-5H3. The lowest BCUT2D eigenvalue weighted by Gasteiger charge is -2.24. The predicted octanol–water partition coefficient (Wildman–Crippen LogP) is 5.16. The smallest absolute Gasteiger partial charge is 0.00439 e. The van der Waals surface area contributed by atoms with Crippen LogP contribution in [0.15, 0.2) is 24.3 Å². The van der Waals surface area contributed by atoms with Crippen molar-refractivity contribution in [1.29, 1.82) is 0 Å². The number of nitrogens with one attached hydrogen (secondary N) is 1. The van der Waals surface area contributed by atoms with Crippen LogP contribution < -0.4 is 5.32 Å². The molecule has 0 fully saturated rings. The highest BCUT2D eigenvalue weighted by atomic mass is 14.8. The molecule has 0 aliphatic rings. The van der Waals surface area contributed by atoms with Crippen LogP contribution in [0.3, 0.4) is 0 Å². The molecule has 1 N–H and O–H groups in total. The first-order valence-electron chi connectivity index (χ1n) is 8.28. The number of hydrogen-bond donors (Lipinski definition) is 1. The molecule has 0 radical (unpaired) electrons. The van der Waals surface area contributed by atoms with Gasteiger partial charge in [-0.15, -0.1) is 0 Å². The summed E-state index contributed by atoms with van der Waals surface area (Å²) in [5.74, 6) is 0.681. The molecule has 114 valence electrons. The molecule has 0 amide bonds. The van der Waals surface area contributed by atoms with Crippen molar-refractivity contribution in [3.8, 4) is 0 Å². The van der Waals surface area contributed by atoms with Crippen LogP contribution in [0, 0.1) is 5.41 Å². The second-order valence-corrected chi connectivity index (χ2v) is 6.82. The molecule has 1 aromatic rings. The average Bonchev–Trinajstić information content (AvgIpc) is 2.45. The summed E-state index contributed by atoms with van der Waals surface area (Å²) in [6, 6.07) is 9.27. The average molecular weight is 275 g/mol. The van der Waals surface area contributed by atoms with Crippen LogP contribution >= 0.6 is 0 Å². The Morgan fingerprint density at radius 1 is 1.05 bits per heavy atom. The third-order valence-electron chi connectivity index (χ3n) is 4.48. The van der Waals surface area contributed by atoms with E-state index in [9.17, 15) is 0 Å². The molecule has 1 heteroatoms. The Balaban J connectivity index is 2.44. The summed E-state index contributed by atoms with van der Waals surface area (Å²) in [6.07, 6.45) is 4.93. The Morgan fingerprint density at radius 3 is 2.25 bits per heavy atom. The Labute approximate surface area is 126 Å². The van der Waals surface area contributed by atoms with Gasteiger partial charge in [0.1, 0.15) is 0 Å². The first kappa shape index (κ1) is 17.2. The summed E-state index contributed by atoms with van der Waals surface area (Å²) in [7, 11) is 0. The Bertz CT molecular complexity index is 364. The van der Waals surface area contributed by atoms with E-state index in [2.05, 4.69) is 64.2 Å². The number of aryl methyl sites for hydroxylation is 1. The van der Waals surface area contributed by atoms with Gasteiger partial charge in [0.05, 0.1) is 0 Å². The Kier molecular flexibility index (Phi) is 7.29. The Hall–Kier alpha value is -0.820. The molecule has 1 unspecified atom stereocenters. The fraction of sp³-hybridized carbons (Fsp3) is 0.684. The summed E-state index contributed by atoms with van der Waals surface area (Å²) in [5, 5.41) is 3.43. The van der Waals surface area contributed by atoms with E-state index in [1.165, 1.54) is 36.8 Å². The van der Waals surface area contributed by atoms with Gasteiger partial charge in [0.15, 0.2) is 0 Å². The highest BCUT2D eigenvalue weighted by Gasteiger charge is 2.17. The summed E-state index contributed by atoms with van der Waals surface area (Å²) in [4.78, 5) is 0. The van der Waals surface area contributed by atoms with Crippen molar-refractivity contribution in [3.63, 3.8) is 0 Å². The lowest BCUT2D eigenvalue weighted by atomic mass is 9.83. The summed E-state index contributed by atoms with van der Waals surface area (Å²) < 4.78 is 0. The highest BCUT2D eigenvalue weighted by Crippen LogP contribution is 2.27. The number of benzene rings is 1. The molecular weight excluding hydrogens is 242 g/mol. The van der Waals surface area contributed by atoms with Crippen LogP contribution in [0.4, 0.5) is 0 Å². The van der Waals surface area contributed by atoms with Gasteiger partial charge < -0.3 is 5.32 Å². The third kappa shape index (κ3) is 6.09. The van der Waals surface area contributed by atoms with Gasteiger partial charge in [-0.25, -0.2) is 0 Å². The summed E-state index contributed by atoms with van der Waals surface area (Å²) in [5.41, 5.74) is 3.38. The van der Waals surface area contributed by atoms with Crippen LogP contribution in [0.1, 0.15) is 70.9 Å². The molecule has 1 nitrogen and oxygen atoms in total. The monoisotopic (exact) mass is 275 g/mol. The molecule has 0 aliphatic heterocycles. The second kappa shape index (κ2) is 8.46.